The summed E-state index contributed by atoms with van der Waals surface area (Å²) in [6.45, 7) is 1.88. The van der Waals surface area contributed by atoms with Crippen molar-refractivity contribution in [2.45, 2.75) is 39.0 Å². The highest BCUT2D eigenvalue weighted by Crippen LogP contribution is 2.27. The molecule has 1 saturated carbocycles. The summed E-state index contributed by atoms with van der Waals surface area (Å²) >= 11 is 0. The number of carbonyl (C=O) groups is 2. The van der Waals surface area contributed by atoms with E-state index in [2.05, 4.69) is 10.6 Å². The van der Waals surface area contributed by atoms with Crippen molar-refractivity contribution in [3.8, 4) is 5.75 Å². The second-order valence-corrected chi connectivity index (χ2v) is 5.44. The van der Waals surface area contributed by atoms with Crippen LogP contribution in [0.4, 0.5) is 10.5 Å². The summed E-state index contributed by atoms with van der Waals surface area (Å²) in [4.78, 5) is 23.4. The Morgan fingerprint density at radius 2 is 1.90 bits per heavy atom. The fraction of sp³-hybridized carbons (Fsp3) is 0.500. The zero-order chi connectivity index (χ0) is 15.2. The van der Waals surface area contributed by atoms with Crippen molar-refractivity contribution >= 4 is 17.7 Å². The van der Waals surface area contributed by atoms with Gasteiger partial charge in [-0.05, 0) is 43.5 Å². The van der Waals surface area contributed by atoms with Crippen molar-refractivity contribution in [1.82, 2.24) is 5.32 Å². The summed E-state index contributed by atoms with van der Waals surface area (Å²) in [6.07, 6.45) is 4.94. The third kappa shape index (κ3) is 4.21. The first-order valence-electron chi connectivity index (χ1n) is 7.41. The maximum Gasteiger partial charge on any atom is 0.412 e. The molecule has 0 bridgehead atoms. The summed E-state index contributed by atoms with van der Waals surface area (Å²) in [6, 6.07) is 5.19. The first kappa shape index (κ1) is 15.4. The van der Waals surface area contributed by atoms with Crippen molar-refractivity contribution in [3.05, 3.63) is 23.8 Å². The van der Waals surface area contributed by atoms with E-state index in [1.54, 1.807) is 18.2 Å². The molecule has 0 aromatic heterocycles. The fourth-order valence-corrected chi connectivity index (χ4v) is 2.60. The van der Waals surface area contributed by atoms with Gasteiger partial charge in [-0.15, -0.1) is 0 Å². The molecule has 0 atom stereocenters. The number of hydrogen-bond donors (Lipinski definition) is 2. The maximum atomic E-state index is 12.2. The molecule has 0 heterocycles. The van der Waals surface area contributed by atoms with Gasteiger partial charge in [0.1, 0.15) is 5.75 Å². The van der Waals surface area contributed by atoms with E-state index in [4.69, 9.17) is 4.74 Å². The zero-order valence-corrected chi connectivity index (χ0v) is 12.6. The van der Waals surface area contributed by atoms with Crippen molar-refractivity contribution in [3.63, 3.8) is 0 Å². The minimum absolute atomic E-state index is 0.0952. The number of benzene rings is 1. The molecule has 0 aliphatic heterocycles. The van der Waals surface area contributed by atoms with E-state index < -0.39 is 6.09 Å². The van der Waals surface area contributed by atoms with Crippen molar-refractivity contribution in [2.75, 3.05) is 12.4 Å². The molecule has 0 saturated heterocycles. The Morgan fingerprint density at radius 3 is 2.52 bits per heavy atom. The summed E-state index contributed by atoms with van der Waals surface area (Å²) in [5.74, 6) is 0.681. The SMILES string of the molecule is CNC(=O)Oc1ccc(NC(=O)C2CCCCC2)c(C)c1. The van der Waals surface area contributed by atoms with Gasteiger partial charge in [0.25, 0.3) is 0 Å². The van der Waals surface area contributed by atoms with Gasteiger partial charge < -0.3 is 15.4 Å². The lowest BCUT2D eigenvalue weighted by Gasteiger charge is -2.21. The molecule has 0 spiro atoms. The molecule has 1 aliphatic rings. The molecule has 1 aliphatic carbocycles. The highest BCUT2D eigenvalue weighted by Gasteiger charge is 2.21. The van der Waals surface area contributed by atoms with Crippen LogP contribution in [0.5, 0.6) is 5.75 Å². The van der Waals surface area contributed by atoms with Crippen LogP contribution in [0.25, 0.3) is 0 Å². The molecule has 21 heavy (non-hydrogen) atoms. The van der Waals surface area contributed by atoms with Crippen molar-refractivity contribution in [1.29, 1.82) is 0 Å². The Kier molecular flexibility index (Phi) is 5.20. The number of amides is 2. The Morgan fingerprint density at radius 1 is 1.19 bits per heavy atom. The van der Waals surface area contributed by atoms with E-state index in [0.29, 0.717) is 5.75 Å². The molecule has 5 heteroatoms. The molecule has 2 amide bonds. The highest BCUT2D eigenvalue weighted by molar-refractivity contribution is 5.93. The largest absolute Gasteiger partial charge is 0.412 e. The predicted molar refractivity (Wildman–Crippen MR) is 81.5 cm³/mol. The number of ether oxygens (including phenoxy) is 1. The van der Waals surface area contributed by atoms with Gasteiger partial charge >= 0.3 is 6.09 Å². The number of rotatable bonds is 3. The number of nitrogens with one attached hydrogen (secondary N) is 2. The van der Waals surface area contributed by atoms with Gasteiger partial charge in [0.05, 0.1) is 0 Å². The predicted octanol–water partition coefficient (Wildman–Crippen LogP) is 3.23. The van der Waals surface area contributed by atoms with Gasteiger partial charge in [-0.2, -0.15) is 0 Å². The van der Waals surface area contributed by atoms with Crippen LogP contribution in [-0.4, -0.2) is 19.0 Å². The van der Waals surface area contributed by atoms with Gasteiger partial charge in [-0.25, -0.2) is 4.79 Å². The molecule has 114 valence electrons. The third-order valence-corrected chi connectivity index (χ3v) is 3.85. The summed E-state index contributed by atoms with van der Waals surface area (Å²) < 4.78 is 5.06. The average molecular weight is 290 g/mol. The smallest absolute Gasteiger partial charge is 0.410 e. The Bertz CT molecular complexity index is 522. The van der Waals surface area contributed by atoms with Crippen LogP contribution in [-0.2, 0) is 4.79 Å². The van der Waals surface area contributed by atoms with Crippen molar-refractivity contribution < 1.29 is 14.3 Å². The Balaban J connectivity index is 2.00. The first-order valence-corrected chi connectivity index (χ1v) is 7.41. The quantitative estimate of drug-likeness (QED) is 0.898. The van der Waals surface area contributed by atoms with E-state index in [9.17, 15) is 9.59 Å². The molecule has 5 nitrogen and oxygen atoms in total. The van der Waals surface area contributed by atoms with E-state index in [0.717, 1.165) is 36.9 Å². The van der Waals surface area contributed by atoms with Gasteiger partial charge in [-0.3, -0.25) is 4.79 Å². The summed E-state index contributed by atoms with van der Waals surface area (Å²) in [5, 5.41) is 5.37. The molecule has 1 fully saturated rings. The zero-order valence-electron chi connectivity index (χ0n) is 12.6. The van der Waals surface area contributed by atoms with Gasteiger partial charge in [0.2, 0.25) is 5.91 Å². The minimum Gasteiger partial charge on any atom is -0.410 e. The van der Waals surface area contributed by atoms with Gasteiger partial charge in [-0.1, -0.05) is 19.3 Å². The van der Waals surface area contributed by atoms with Crippen LogP contribution in [0.3, 0.4) is 0 Å². The lowest BCUT2D eigenvalue weighted by atomic mass is 9.88. The second-order valence-electron chi connectivity index (χ2n) is 5.44. The summed E-state index contributed by atoms with van der Waals surface area (Å²) in [7, 11) is 1.51. The average Bonchev–Trinajstić information content (AvgIpc) is 2.50. The highest BCUT2D eigenvalue weighted by atomic mass is 16.5. The topological polar surface area (TPSA) is 67.4 Å². The fourth-order valence-electron chi connectivity index (χ4n) is 2.60. The molecule has 0 radical (unpaired) electrons. The third-order valence-electron chi connectivity index (χ3n) is 3.85. The number of hydrogen-bond acceptors (Lipinski definition) is 3. The van der Waals surface area contributed by atoms with E-state index in [-0.39, 0.29) is 11.8 Å². The number of carbonyl (C=O) groups excluding carboxylic acids is 2. The molecule has 2 N–H and O–H groups in total. The molecule has 0 unspecified atom stereocenters. The molecule has 2 rings (SSSR count). The molecular formula is C16H22N2O3. The number of anilines is 1. The Hall–Kier alpha value is -2.04. The lowest BCUT2D eigenvalue weighted by molar-refractivity contribution is -0.120. The lowest BCUT2D eigenvalue weighted by Crippen LogP contribution is -2.25. The van der Waals surface area contributed by atoms with E-state index in [1.165, 1.54) is 13.5 Å². The van der Waals surface area contributed by atoms with Crippen LogP contribution in [0.2, 0.25) is 0 Å². The monoisotopic (exact) mass is 290 g/mol. The molecule has 1 aromatic carbocycles. The van der Waals surface area contributed by atoms with E-state index in [1.807, 2.05) is 6.92 Å². The maximum absolute atomic E-state index is 12.2. The molecule has 1 aromatic rings. The van der Waals surface area contributed by atoms with Crippen LogP contribution < -0.4 is 15.4 Å². The van der Waals surface area contributed by atoms with Crippen molar-refractivity contribution in [2.24, 2.45) is 5.92 Å². The minimum atomic E-state index is -0.506. The van der Waals surface area contributed by atoms with Crippen LogP contribution >= 0.6 is 0 Å². The Labute approximate surface area is 125 Å². The van der Waals surface area contributed by atoms with Gasteiger partial charge in [0, 0.05) is 18.7 Å². The normalized spacial score (nSPS) is 15.3. The second kappa shape index (κ2) is 7.11. The standard InChI is InChI=1S/C16H22N2O3/c1-11-10-13(21-16(20)17-2)8-9-14(11)18-15(19)12-6-4-3-5-7-12/h8-10,12H,3-7H2,1-2H3,(H,17,20)(H,18,19). The summed E-state index contributed by atoms with van der Waals surface area (Å²) in [5.41, 5.74) is 1.65. The van der Waals surface area contributed by atoms with Gasteiger partial charge in [0.15, 0.2) is 0 Å². The van der Waals surface area contributed by atoms with Crippen LogP contribution in [0, 0.1) is 12.8 Å². The molecular weight excluding hydrogens is 268 g/mol. The first-order chi connectivity index (χ1) is 10.1. The number of aryl methyl sites for hydroxylation is 1. The van der Waals surface area contributed by atoms with E-state index >= 15 is 0 Å². The van der Waals surface area contributed by atoms with Crippen LogP contribution in [0.1, 0.15) is 37.7 Å². The van der Waals surface area contributed by atoms with Crippen LogP contribution in [0.15, 0.2) is 18.2 Å².